The van der Waals surface area contributed by atoms with Gasteiger partial charge in [-0.2, -0.15) is 0 Å². The molecule has 1 heterocycles. The van der Waals surface area contributed by atoms with Gasteiger partial charge in [-0.05, 0) is 0 Å². The zero-order chi connectivity index (χ0) is 10.2. The number of hydroxylamine groups is 1. The van der Waals surface area contributed by atoms with Gasteiger partial charge in [-0.3, -0.25) is 9.63 Å². The van der Waals surface area contributed by atoms with Gasteiger partial charge in [0.15, 0.2) is 6.10 Å². The van der Waals surface area contributed by atoms with Crippen molar-refractivity contribution in [1.29, 1.82) is 0 Å². The van der Waals surface area contributed by atoms with Crippen LogP contribution in [0.3, 0.4) is 0 Å². The number of rotatable bonds is 5. The van der Waals surface area contributed by atoms with Crippen molar-refractivity contribution in [2.45, 2.75) is 6.10 Å². The summed E-state index contributed by atoms with van der Waals surface area (Å²) < 4.78 is 14.9. The molecule has 82 valence electrons. The maximum absolute atomic E-state index is 11.3. The first kappa shape index (κ1) is 11.4. The Morgan fingerprint density at radius 2 is 2.36 bits per heavy atom. The summed E-state index contributed by atoms with van der Waals surface area (Å²) in [5, 5.41) is 0. The van der Waals surface area contributed by atoms with E-state index in [0.717, 1.165) is 0 Å². The van der Waals surface area contributed by atoms with Crippen molar-refractivity contribution in [3.8, 4) is 0 Å². The molecule has 1 saturated heterocycles. The molecular formula is C8H15NO5. The van der Waals surface area contributed by atoms with E-state index in [9.17, 15) is 4.79 Å². The van der Waals surface area contributed by atoms with Crippen molar-refractivity contribution in [1.82, 2.24) is 5.48 Å². The highest BCUT2D eigenvalue weighted by Gasteiger charge is 2.22. The molecule has 6 nitrogen and oxygen atoms in total. The lowest BCUT2D eigenvalue weighted by atomic mass is 10.3. The number of amides is 1. The fourth-order valence-corrected chi connectivity index (χ4v) is 0.952. The van der Waals surface area contributed by atoms with Crippen molar-refractivity contribution in [2.24, 2.45) is 0 Å². The van der Waals surface area contributed by atoms with Crippen LogP contribution in [-0.2, 0) is 23.8 Å². The van der Waals surface area contributed by atoms with Crippen molar-refractivity contribution in [3.63, 3.8) is 0 Å². The van der Waals surface area contributed by atoms with Crippen LogP contribution in [0.4, 0.5) is 0 Å². The van der Waals surface area contributed by atoms with Crippen LogP contribution in [0, 0.1) is 0 Å². The van der Waals surface area contributed by atoms with Gasteiger partial charge in [-0.1, -0.05) is 0 Å². The Kier molecular flexibility index (Phi) is 5.46. The predicted octanol–water partition coefficient (Wildman–Crippen LogP) is -0.904. The van der Waals surface area contributed by atoms with Crippen LogP contribution < -0.4 is 5.48 Å². The summed E-state index contributed by atoms with van der Waals surface area (Å²) in [6, 6.07) is 0. The molecule has 6 heteroatoms. The molecule has 0 bridgehead atoms. The number of hydrogen-bond donors (Lipinski definition) is 1. The minimum Gasteiger partial charge on any atom is -0.382 e. The molecule has 1 rings (SSSR count). The van der Waals surface area contributed by atoms with Gasteiger partial charge in [0.2, 0.25) is 0 Å². The molecule has 0 saturated carbocycles. The minimum atomic E-state index is -0.564. The highest BCUT2D eigenvalue weighted by atomic mass is 16.7. The van der Waals surface area contributed by atoms with Gasteiger partial charge in [0.05, 0.1) is 33.0 Å². The molecule has 0 aromatic carbocycles. The Morgan fingerprint density at radius 1 is 1.50 bits per heavy atom. The van der Waals surface area contributed by atoms with Gasteiger partial charge in [0.1, 0.15) is 0 Å². The summed E-state index contributed by atoms with van der Waals surface area (Å²) in [5.74, 6) is -0.319. The van der Waals surface area contributed by atoms with Gasteiger partial charge >= 0.3 is 0 Å². The highest BCUT2D eigenvalue weighted by molar-refractivity contribution is 5.79. The summed E-state index contributed by atoms with van der Waals surface area (Å²) >= 11 is 0. The summed E-state index contributed by atoms with van der Waals surface area (Å²) in [5.41, 5.74) is 2.26. The molecule has 0 aliphatic carbocycles. The first-order chi connectivity index (χ1) is 6.84. The van der Waals surface area contributed by atoms with E-state index in [2.05, 4.69) is 5.48 Å². The molecule has 1 N–H and O–H groups in total. The molecule has 1 atom stereocenters. The largest absolute Gasteiger partial charge is 0.382 e. The Hall–Kier alpha value is -0.690. The zero-order valence-electron chi connectivity index (χ0n) is 8.15. The Morgan fingerprint density at radius 3 is 3.00 bits per heavy atom. The molecule has 1 aliphatic heterocycles. The lowest BCUT2D eigenvalue weighted by Crippen LogP contribution is -2.43. The van der Waals surface area contributed by atoms with E-state index in [-0.39, 0.29) is 12.5 Å². The fraction of sp³-hybridized carbons (Fsp3) is 0.875. The summed E-state index contributed by atoms with van der Waals surface area (Å²) in [6.45, 7) is 2.00. The molecule has 14 heavy (non-hydrogen) atoms. The second-order valence-corrected chi connectivity index (χ2v) is 2.74. The second-order valence-electron chi connectivity index (χ2n) is 2.74. The minimum absolute atomic E-state index is 0.277. The molecule has 1 unspecified atom stereocenters. The van der Waals surface area contributed by atoms with E-state index in [4.69, 9.17) is 19.0 Å². The lowest BCUT2D eigenvalue weighted by Gasteiger charge is -2.21. The third-order valence-electron chi connectivity index (χ3n) is 1.67. The Balaban J connectivity index is 2.07. The van der Waals surface area contributed by atoms with Crippen LogP contribution >= 0.6 is 0 Å². The van der Waals surface area contributed by atoms with Crippen LogP contribution in [0.5, 0.6) is 0 Å². The first-order valence-corrected chi connectivity index (χ1v) is 4.44. The maximum atomic E-state index is 11.3. The van der Waals surface area contributed by atoms with Gasteiger partial charge in [0, 0.05) is 7.11 Å². The van der Waals surface area contributed by atoms with Crippen LogP contribution in [0.1, 0.15) is 0 Å². The van der Waals surface area contributed by atoms with E-state index in [1.54, 1.807) is 7.11 Å². The number of ether oxygens (including phenoxy) is 3. The molecular weight excluding hydrogens is 190 g/mol. The number of carbonyl (C=O) groups excluding carboxylic acids is 1. The SMILES string of the molecule is COCCONC(=O)C1COCCO1. The first-order valence-electron chi connectivity index (χ1n) is 4.44. The van der Waals surface area contributed by atoms with Crippen molar-refractivity contribution < 1.29 is 23.8 Å². The maximum Gasteiger partial charge on any atom is 0.275 e. The third kappa shape index (κ3) is 4.01. The van der Waals surface area contributed by atoms with Gasteiger partial charge in [-0.25, -0.2) is 5.48 Å². The molecule has 0 radical (unpaired) electrons. The second kappa shape index (κ2) is 6.72. The van der Waals surface area contributed by atoms with Crippen molar-refractivity contribution in [3.05, 3.63) is 0 Å². The lowest BCUT2D eigenvalue weighted by molar-refractivity contribution is -0.160. The number of nitrogens with one attached hydrogen (secondary N) is 1. The summed E-state index contributed by atoms with van der Waals surface area (Å²) in [4.78, 5) is 16.1. The zero-order valence-corrected chi connectivity index (χ0v) is 8.15. The van der Waals surface area contributed by atoms with Crippen molar-refractivity contribution >= 4 is 5.91 Å². The van der Waals surface area contributed by atoms with Gasteiger partial charge in [0.25, 0.3) is 5.91 Å². The molecule has 1 fully saturated rings. The summed E-state index contributed by atoms with van der Waals surface area (Å²) in [7, 11) is 1.56. The van der Waals surface area contributed by atoms with Crippen LogP contribution in [0.25, 0.3) is 0 Å². The quantitative estimate of drug-likeness (QED) is 0.465. The molecule has 1 amide bonds. The average molecular weight is 205 g/mol. The normalized spacial score (nSPS) is 21.9. The van der Waals surface area contributed by atoms with E-state index in [1.165, 1.54) is 0 Å². The standard InChI is InChI=1S/C8H15NO5/c1-11-2-5-14-9-8(10)7-6-12-3-4-13-7/h7H,2-6H2,1H3,(H,9,10). The smallest absolute Gasteiger partial charge is 0.275 e. The van der Waals surface area contributed by atoms with E-state index < -0.39 is 6.10 Å². The average Bonchev–Trinajstić information content (AvgIpc) is 2.25. The van der Waals surface area contributed by atoms with Gasteiger partial charge < -0.3 is 14.2 Å². The van der Waals surface area contributed by atoms with E-state index >= 15 is 0 Å². The third-order valence-corrected chi connectivity index (χ3v) is 1.67. The van der Waals surface area contributed by atoms with Crippen LogP contribution in [0.2, 0.25) is 0 Å². The topological polar surface area (TPSA) is 66.0 Å². The fourth-order valence-electron chi connectivity index (χ4n) is 0.952. The van der Waals surface area contributed by atoms with E-state index in [0.29, 0.717) is 26.4 Å². The monoisotopic (exact) mass is 205 g/mol. The van der Waals surface area contributed by atoms with Crippen molar-refractivity contribution in [2.75, 3.05) is 40.1 Å². The predicted molar refractivity (Wildman–Crippen MR) is 46.5 cm³/mol. The molecule has 0 aromatic heterocycles. The summed E-state index contributed by atoms with van der Waals surface area (Å²) in [6.07, 6.45) is -0.564. The van der Waals surface area contributed by atoms with Crippen LogP contribution in [-0.4, -0.2) is 52.2 Å². The number of methoxy groups -OCH3 is 1. The number of carbonyl (C=O) groups is 1. The molecule has 1 aliphatic rings. The van der Waals surface area contributed by atoms with Gasteiger partial charge in [-0.15, -0.1) is 0 Å². The van der Waals surface area contributed by atoms with Crippen LogP contribution in [0.15, 0.2) is 0 Å². The van der Waals surface area contributed by atoms with E-state index in [1.807, 2.05) is 0 Å². The molecule has 0 aromatic rings. The number of hydrogen-bond acceptors (Lipinski definition) is 5. The molecule has 0 spiro atoms. The Bertz CT molecular complexity index is 169. The Labute approximate surface area is 82.4 Å². The highest BCUT2D eigenvalue weighted by Crippen LogP contribution is 2.00.